The smallest absolute Gasteiger partial charge is 0.416 e. The molecule has 0 aliphatic carbocycles. The normalized spacial score (nSPS) is 11.2. The van der Waals surface area contributed by atoms with Crippen LogP contribution in [0.15, 0.2) is 30.6 Å². The van der Waals surface area contributed by atoms with Crippen LogP contribution >= 0.6 is 0 Å². The average molecular weight is 298 g/mol. The van der Waals surface area contributed by atoms with Crippen LogP contribution in [0.1, 0.15) is 11.1 Å². The molecule has 0 unspecified atom stereocenters. The Morgan fingerprint density at radius 2 is 2.05 bits per heavy atom. The van der Waals surface area contributed by atoms with Crippen LogP contribution in [0.25, 0.3) is 0 Å². The lowest BCUT2D eigenvalue weighted by Crippen LogP contribution is -2.09. The second-order valence-electron chi connectivity index (χ2n) is 4.20. The Morgan fingerprint density at radius 1 is 1.29 bits per heavy atom. The van der Waals surface area contributed by atoms with Gasteiger partial charge in [-0.15, -0.1) is 0 Å². The SMILES string of the molecule is COc1ncnc(NCc2cccc(C(F)(F)F)c2)c1N. The summed E-state index contributed by atoms with van der Waals surface area (Å²) >= 11 is 0. The third-order valence-corrected chi connectivity index (χ3v) is 2.75. The van der Waals surface area contributed by atoms with Crippen LogP contribution in [-0.4, -0.2) is 17.1 Å². The summed E-state index contributed by atoms with van der Waals surface area (Å²) in [7, 11) is 1.41. The molecule has 0 fully saturated rings. The second kappa shape index (κ2) is 5.86. The summed E-state index contributed by atoms with van der Waals surface area (Å²) in [4.78, 5) is 7.74. The predicted molar refractivity (Wildman–Crippen MR) is 71.8 cm³/mol. The molecule has 1 aromatic carbocycles. The molecule has 2 rings (SSSR count). The lowest BCUT2D eigenvalue weighted by Gasteiger charge is -2.11. The topological polar surface area (TPSA) is 73.1 Å². The van der Waals surface area contributed by atoms with Gasteiger partial charge in [0.1, 0.15) is 12.0 Å². The molecule has 21 heavy (non-hydrogen) atoms. The predicted octanol–water partition coefficient (Wildman–Crippen LogP) is 2.70. The number of benzene rings is 1. The first-order valence-corrected chi connectivity index (χ1v) is 5.96. The van der Waals surface area contributed by atoms with Gasteiger partial charge in [-0.05, 0) is 17.7 Å². The number of nitrogens with one attached hydrogen (secondary N) is 1. The number of halogens is 3. The van der Waals surface area contributed by atoms with Gasteiger partial charge in [-0.2, -0.15) is 18.2 Å². The van der Waals surface area contributed by atoms with Crippen molar-refractivity contribution in [1.82, 2.24) is 9.97 Å². The Morgan fingerprint density at radius 3 is 2.71 bits per heavy atom. The van der Waals surface area contributed by atoms with Gasteiger partial charge >= 0.3 is 6.18 Å². The summed E-state index contributed by atoms with van der Waals surface area (Å²) in [5.41, 5.74) is 5.73. The quantitative estimate of drug-likeness (QED) is 0.908. The summed E-state index contributed by atoms with van der Waals surface area (Å²) in [6.07, 6.45) is -3.11. The van der Waals surface area contributed by atoms with Crippen LogP contribution < -0.4 is 15.8 Å². The van der Waals surface area contributed by atoms with E-state index >= 15 is 0 Å². The number of ether oxygens (including phenoxy) is 1. The largest absolute Gasteiger partial charge is 0.479 e. The van der Waals surface area contributed by atoms with Gasteiger partial charge in [0.2, 0.25) is 5.88 Å². The van der Waals surface area contributed by atoms with Crippen molar-refractivity contribution in [2.24, 2.45) is 0 Å². The van der Waals surface area contributed by atoms with E-state index in [0.29, 0.717) is 11.4 Å². The fourth-order valence-corrected chi connectivity index (χ4v) is 1.73. The number of alkyl halides is 3. The number of hydrogen-bond donors (Lipinski definition) is 2. The van der Waals surface area contributed by atoms with E-state index in [4.69, 9.17) is 10.5 Å². The van der Waals surface area contributed by atoms with E-state index in [0.717, 1.165) is 12.1 Å². The van der Waals surface area contributed by atoms with Crippen LogP contribution in [0, 0.1) is 0 Å². The molecule has 0 aliphatic heterocycles. The number of nitrogens with two attached hydrogens (primary N) is 1. The Bertz CT molecular complexity index is 631. The van der Waals surface area contributed by atoms with Gasteiger partial charge in [-0.25, -0.2) is 4.98 Å². The molecule has 0 saturated carbocycles. The van der Waals surface area contributed by atoms with E-state index in [1.807, 2.05) is 0 Å². The molecule has 0 atom stereocenters. The third kappa shape index (κ3) is 3.53. The summed E-state index contributed by atoms with van der Waals surface area (Å²) in [5.74, 6) is 0.510. The summed E-state index contributed by atoms with van der Waals surface area (Å²) in [5, 5.41) is 2.86. The van der Waals surface area contributed by atoms with E-state index in [9.17, 15) is 13.2 Å². The lowest BCUT2D eigenvalue weighted by atomic mass is 10.1. The Labute approximate surface area is 119 Å². The van der Waals surface area contributed by atoms with Crippen molar-refractivity contribution in [3.63, 3.8) is 0 Å². The molecule has 0 bridgehead atoms. The van der Waals surface area contributed by atoms with Crippen LogP contribution in [0.3, 0.4) is 0 Å². The number of nitrogens with zero attached hydrogens (tertiary/aromatic N) is 2. The van der Waals surface area contributed by atoms with Crippen molar-refractivity contribution in [2.45, 2.75) is 12.7 Å². The van der Waals surface area contributed by atoms with E-state index in [2.05, 4.69) is 15.3 Å². The maximum Gasteiger partial charge on any atom is 0.416 e. The van der Waals surface area contributed by atoms with Crippen LogP contribution in [-0.2, 0) is 12.7 Å². The van der Waals surface area contributed by atoms with E-state index in [1.54, 1.807) is 6.07 Å². The van der Waals surface area contributed by atoms with Gasteiger partial charge in [-0.3, -0.25) is 0 Å². The molecule has 0 amide bonds. The number of methoxy groups -OCH3 is 1. The zero-order valence-electron chi connectivity index (χ0n) is 11.1. The van der Waals surface area contributed by atoms with Crippen molar-refractivity contribution >= 4 is 11.5 Å². The number of nitrogen functional groups attached to an aromatic ring is 1. The van der Waals surface area contributed by atoms with Gasteiger partial charge in [0, 0.05) is 6.54 Å². The zero-order valence-corrected chi connectivity index (χ0v) is 11.1. The minimum Gasteiger partial charge on any atom is -0.479 e. The highest BCUT2D eigenvalue weighted by atomic mass is 19.4. The highest BCUT2D eigenvalue weighted by molar-refractivity contribution is 5.66. The Kier molecular flexibility index (Phi) is 4.15. The Balaban J connectivity index is 2.14. The molecule has 3 N–H and O–H groups in total. The van der Waals surface area contributed by atoms with Crippen LogP contribution in [0.2, 0.25) is 0 Å². The van der Waals surface area contributed by atoms with Crippen molar-refractivity contribution < 1.29 is 17.9 Å². The molecule has 1 heterocycles. The first kappa shape index (κ1) is 14.9. The van der Waals surface area contributed by atoms with E-state index in [1.165, 1.54) is 19.5 Å². The first-order valence-electron chi connectivity index (χ1n) is 5.96. The number of rotatable bonds is 4. The molecule has 0 aliphatic rings. The van der Waals surface area contributed by atoms with Gasteiger partial charge in [0.05, 0.1) is 12.7 Å². The zero-order chi connectivity index (χ0) is 15.5. The molecule has 0 radical (unpaired) electrons. The first-order chi connectivity index (χ1) is 9.91. The van der Waals surface area contributed by atoms with Crippen molar-refractivity contribution in [3.05, 3.63) is 41.7 Å². The number of anilines is 2. The van der Waals surface area contributed by atoms with Crippen LogP contribution in [0.4, 0.5) is 24.7 Å². The lowest BCUT2D eigenvalue weighted by molar-refractivity contribution is -0.137. The van der Waals surface area contributed by atoms with Crippen molar-refractivity contribution in [1.29, 1.82) is 0 Å². The Hall–Kier alpha value is -2.51. The minimum atomic E-state index is -4.37. The van der Waals surface area contributed by atoms with Crippen molar-refractivity contribution in [3.8, 4) is 5.88 Å². The standard InChI is InChI=1S/C13H13F3N4O/c1-21-12-10(17)11(19-7-20-12)18-6-8-3-2-4-9(5-8)13(14,15)16/h2-5,7H,6,17H2,1H3,(H,18,19,20). The maximum absolute atomic E-state index is 12.6. The number of hydrogen-bond acceptors (Lipinski definition) is 5. The highest BCUT2D eigenvalue weighted by Crippen LogP contribution is 2.30. The second-order valence-corrected chi connectivity index (χ2v) is 4.20. The fraction of sp³-hybridized carbons (Fsp3) is 0.231. The summed E-state index contributed by atoms with van der Waals surface area (Å²) in [6, 6.07) is 5.02. The van der Waals surface area contributed by atoms with Gasteiger partial charge in [-0.1, -0.05) is 12.1 Å². The fourth-order valence-electron chi connectivity index (χ4n) is 1.73. The molecule has 0 spiro atoms. The average Bonchev–Trinajstić information content (AvgIpc) is 2.45. The molecule has 1 aromatic heterocycles. The molecule has 112 valence electrons. The van der Waals surface area contributed by atoms with Crippen molar-refractivity contribution in [2.75, 3.05) is 18.2 Å². The maximum atomic E-state index is 12.6. The molecule has 5 nitrogen and oxygen atoms in total. The highest BCUT2D eigenvalue weighted by Gasteiger charge is 2.30. The molecular formula is C13H13F3N4O. The van der Waals surface area contributed by atoms with E-state index < -0.39 is 11.7 Å². The minimum absolute atomic E-state index is 0.147. The molecular weight excluding hydrogens is 285 g/mol. The van der Waals surface area contributed by atoms with Gasteiger partial charge < -0.3 is 15.8 Å². The van der Waals surface area contributed by atoms with Gasteiger partial charge in [0.25, 0.3) is 0 Å². The molecule has 8 heteroatoms. The summed E-state index contributed by atoms with van der Waals surface area (Å²) < 4.78 is 42.8. The third-order valence-electron chi connectivity index (χ3n) is 2.75. The molecule has 0 saturated heterocycles. The molecule has 2 aromatic rings. The monoisotopic (exact) mass is 298 g/mol. The van der Waals surface area contributed by atoms with Gasteiger partial charge in [0.15, 0.2) is 5.82 Å². The van der Waals surface area contributed by atoms with E-state index in [-0.39, 0.29) is 18.1 Å². The summed E-state index contributed by atoms with van der Waals surface area (Å²) in [6.45, 7) is 0.147. The number of aromatic nitrogens is 2. The van der Waals surface area contributed by atoms with Crippen LogP contribution in [0.5, 0.6) is 5.88 Å².